The summed E-state index contributed by atoms with van der Waals surface area (Å²) in [5.74, 6) is -0.389. The minimum atomic E-state index is -0.718. The van der Waals surface area contributed by atoms with Gasteiger partial charge in [0.25, 0.3) is 0 Å². The maximum atomic E-state index is 13.9. The highest BCUT2D eigenvalue weighted by Gasteiger charge is 2.37. The van der Waals surface area contributed by atoms with Gasteiger partial charge in [-0.3, -0.25) is 9.36 Å². The Balaban J connectivity index is 1.64. The molecule has 1 atom stereocenters. The van der Waals surface area contributed by atoms with Crippen molar-refractivity contribution >= 4 is 5.91 Å². The Labute approximate surface area is 149 Å². The maximum Gasteiger partial charge on any atom is 0.346 e. The number of carbonyl (C=O) groups excluding carboxylic acids is 1. The highest BCUT2D eigenvalue weighted by Crippen LogP contribution is 2.27. The van der Waals surface area contributed by atoms with Gasteiger partial charge in [0, 0.05) is 31.1 Å². The Bertz CT molecular complexity index is 914. The lowest BCUT2D eigenvalue weighted by molar-refractivity contribution is -0.141. The normalized spacial score (nSPS) is 20.0. The molecule has 8 heteroatoms. The van der Waals surface area contributed by atoms with Crippen molar-refractivity contribution in [2.75, 3.05) is 13.1 Å². The fraction of sp³-hybridized carbons (Fsp3) is 0.500. The molecule has 0 radical (unpaired) electrons. The van der Waals surface area contributed by atoms with Gasteiger partial charge in [-0.25, -0.2) is 18.3 Å². The van der Waals surface area contributed by atoms with Gasteiger partial charge in [0.05, 0.1) is 6.54 Å². The third kappa shape index (κ3) is 2.83. The molecule has 2 aliphatic heterocycles. The summed E-state index contributed by atoms with van der Waals surface area (Å²) in [7, 11) is 0. The predicted molar refractivity (Wildman–Crippen MR) is 89.7 cm³/mol. The van der Waals surface area contributed by atoms with Crippen molar-refractivity contribution < 1.29 is 13.6 Å². The number of fused-ring (bicyclic) bond motifs is 1. The summed E-state index contributed by atoms with van der Waals surface area (Å²) in [5, 5.41) is 4.30. The van der Waals surface area contributed by atoms with Gasteiger partial charge in [-0.15, -0.1) is 0 Å². The van der Waals surface area contributed by atoms with Crippen molar-refractivity contribution in [1.29, 1.82) is 0 Å². The Hall–Kier alpha value is -2.51. The molecule has 4 rings (SSSR count). The second-order valence-corrected chi connectivity index (χ2v) is 7.22. The van der Waals surface area contributed by atoms with Crippen LogP contribution in [-0.2, 0) is 17.8 Å². The minimum absolute atomic E-state index is 0.0429. The average molecular weight is 362 g/mol. The molecular formula is C18H20F2N4O2. The maximum absolute atomic E-state index is 13.9. The van der Waals surface area contributed by atoms with Crippen LogP contribution in [0.3, 0.4) is 0 Å². The summed E-state index contributed by atoms with van der Waals surface area (Å²) in [6.07, 6.45) is 1.99. The molecule has 0 N–H and O–H groups in total. The first-order valence-electron chi connectivity index (χ1n) is 8.85. The number of likely N-dealkylation sites (tertiary alicyclic amines) is 1. The second kappa shape index (κ2) is 6.34. The molecule has 1 saturated heterocycles. The van der Waals surface area contributed by atoms with Gasteiger partial charge in [0.1, 0.15) is 23.5 Å². The predicted octanol–water partition coefficient (Wildman–Crippen LogP) is 1.73. The zero-order valence-electron chi connectivity index (χ0n) is 14.5. The van der Waals surface area contributed by atoms with Crippen LogP contribution in [0.5, 0.6) is 0 Å². The molecule has 0 spiro atoms. The Morgan fingerprint density at radius 1 is 1.31 bits per heavy atom. The van der Waals surface area contributed by atoms with Crippen LogP contribution < -0.4 is 5.69 Å². The highest BCUT2D eigenvalue weighted by molar-refractivity contribution is 5.81. The van der Waals surface area contributed by atoms with Crippen molar-refractivity contribution in [2.45, 2.75) is 38.8 Å². The van der Waals surface area contributed by atoms with E-state index in [4.69, 9.17) is 0 Å². The quantitative estimate of drug-likeness (QED) is 0.836. The van der Waals surface area contributed by atoms with Gasteiger partial charge < -0.3 is 4.90 Å². The van der Waals surface area contributed by atoms with Crippen LogP contribution in [0.2, 0.25) is 0 Å². The van der Waals surface area contributed by atoms with Crippen LogP contribution >= 0.6 is 0 Å². The molecule has 2 aliphatic rings. The zero-order chi connectivity index (χ0) is 18.4. The number of hydrogen-bond acceptors (Lipinski definition) is 3. The second-order valence-electron chi connectivity index (χ2n) is 7.22. The van der Waals surface area contributed by atoms with Crippen molar-refractivity contribution in [1.82, 2.24) is 19.2 Å². The molecule has 0 unspecified atom stereocenters. The van der Waals surface area contributed by atoms with Crippen LogP contribution in [0, 0.1) is 17.6 Å². The molecule has 1 aromatic heterocycles. The van der Waals surface area contributed by atoms with Gasteiger partial charge in [-0.05, 0) is 24.8 Å². The number of amides is 1. The van der Waals surface area contributed by atoms with E-state index >= 15 is 0 Å². The molecule has 26 heavy (non-hydrogen) atoms. The lowest BCUT2D eigenvalue weighted by Crippen LogP contribution is -2.52. The molecule has 3 heterocycles. The van der Waals surface area contributed by atoms with E-state index in [1.165, 1.54) is 10.6 Å². The van der Waals surface area contributed by atoms with Gasteiger partial charge in [0.15, 0.2) is 0 Å². The number of rotatable bonds is 3. The topological polar surface area (TPSA) is 60.1 Å². The standard InChI is InChI=1S/C18H20F2N4O2/c1-11-8-22(9-11)17(25)15-3-2-4-16-21-23(18(26)24(15)16)10-12-5-6-13(19)7-14(12)20/h5-7,11,15H,2-4,8-10H2,1H3/t15-/m0/s1. The van der Waals surface area contributed by atoms with Crippen molar-refractivity contribution in [2.24, 2.45) is 5.92 Å². The summed E-state index contributed by atoms with van der Waals surface area (Å²) in [6, 6.07) is 2.70. The minimum Gasteiger partial charge on any atom is -0.340 e. The first-order valence-corrected chi connectivity index (χ1v) is 8.85. The number of aromatic nitrogens is 3. The summed E-state index contributed by atoms with van der Waals surface area (Å²) in [5.41, 5.74) is -0.237. The smallest absolute Gasteiger partial charge is 0.340 e. The molecule has 0 aliphatic carbocycles. The molecule has 138 valence electrons. The number of nitrogens with zero attached hydrogens (tertiary/aromatic N) is 4. The lowest BCUT2D eigenvalue weighted by atomic mass is 9.98. The summed E-state index contributed by atoms with van der Waals surface area (Å²) >= 11 is 0. The number of halogens is 2. The van der Waals surface area contributed by atoms with E-state index in [-0.39, 0.29) is 18.0 Å². The summed E-state index contributed by atoms with van der Waals surface area (Å²) < 4.78 is 29.6. The SMILES string of the molecule is CC1CN(C(=O)[C@@H]2CCCc3nn(Cc4ccc(F)cc4F)c(=O)n32)C1. The first-order chi connectivity index (χ1) is 12.4. The van der Waals surface area contributed by atoms with Crippen molar-refractivity contribution in [3.05, 3.63) is 51.7 Å². The lowest BCUT2D eigenvalue weighted by Gasteiger charge is -2.40. The number of aryl methyl sites for hydroxylation is 1. The van der Waals surface area contributed by atoms with Crippen LogP contribution in [0.25, 0.3) is 0 Å². The van der Waals surface area contributed by atoms with E-state index in [2.05, 4.69) is 12.0 Å². The average Bonchev–Trinajstić information content (AvgIpc) is 2.90. The van der Waals surface area contributed by atoms with Gasteiger partial charge in [-0.2, -0.15) is 5.10 Å². The monoisotopic (exact) mass is 362 g/mol. The van der Waals surface area contributed by atoms with Gasteiger partial charge in [-0.1, -0.05) is 13.0 Å². The van der Waals surface area contributed by atoms with Gasteiger partial charge in [0.2, 0.25) is 5.91 Å². The van der Waals surface area contributed by atoms with E-state index in [0.29, 0.717) is 37.7 Å². The van der Waals surface area contributed by atoms with E-state index in [0.717, 1.165) is 23.2 Å². The summed E-state index contributed by atoms with van der Waals surface area (Å²) in [4.78, 5) is 27.3. The fourth-order valence-corrected chi connectivity index (χ4v) is 3.77. The van der Waals surface area contributed by atoms with E-state index < -0.39 is 23.4 Å². The molecule has 6 nitrogen and oxygen atoms in total. The first kappa shape index (κ1) is 16.9. The Kier molecular flexibility index (Phi) is 4.13. The third-order valence-electron chi connectivity index (χ3n) is 5.13. The molecule has 0 saturated carbocycles. The van der Waals surface area contributed by atoms with Crippen LogP contribution in [0.1, 0.15) is 37.2 Å². The highest BCUT2D eigenvalue weighted by atomic mass is 19.1. The Morgan fingerprint density at radius 2 is 2.08 bits per heavy atom. The zero-order valence-corrected chi connectivity index (χ0v) is 14.5. The largest absolute Gasteiger partial charge is 0.346 e. The number of benzene rings is 1. The summed E-state index contributed by atoms with van der Waals surface area (Å²) in [6.45, 7) is 3.42. The molecule has 2 aromatic rings. The molecule has 1 amide bonds. The van der Waals surface area contributed by atoms with Crippen LogP contribution in [-0.4, -0.2) is 38.2 Å². The van der Waals surface area contributed by atoms with Crippen LogP contribution in [0.15, 0.2) is 23.0 Å². The number of carbonyl (C=O) groups is 1. The van der Waals surface area contributed by atoms with E-state index in [9.17, 15) is 18.4 Å². The van der Waals surface area contributed by atoms with Crippen molar-refractivity contribution in [3.63, 3.8) is 0 Å². The third-order valence-corrected chi connectivity index (χ3v) is 5.13. The molecule has 0 bridgehead atoms. The fourth-order valence-electron chi connectivity index (χ4n) is 3.77. The van der Waals surface area contributed by atoms with Gasteiger partial charge >= 0.3 is 5.69 Å². The van der Waals surface area contributed by atoms with E-state index in [1.54, 1.807) is 4.90 Å². The Morgan fingerprint density at radius 3 is 2.77 bits per heavy atom. The van der Waals surface area contributed by atoms with Crippen molar-refractivity contribution in [3.8, 4) is 0 Å². The van der Waals surface area contributed by atoms with Crippen LogP contribution in [0.4, 0.5) is 8.78 Å². The number of hydrogen-bond donors (Lipinski definition) is 0. The molecule has 1 fully saturated rings. The van der Waals surface area contributed by atoms with E-state index in [1.807, 2.05) is 0 Å². The molecular weight excluding hydrogens is 342 g/mol. The molecule has 1 aromatic carbocycles.